The van der Waals surface area contributed by atoms with E-state index in [0.29, 0.717) is 0 Å². The average molecular weight is 192 g/mol. The molecule has 0 aromatic heterocycles. The molecular formula is C6H4BClF2O2. The molecule has 0 amide bonds. The Hall–Kier alpha value is -0.645. The van der Waals surface area contributed by atoms with E-state index in [0.717, 1.165) is 12.1 Å². The van der Waals surface area contributed by atoms with Crippen molar-refractivity contribution >= 4 is 24.2 Å². The summed E-state index contributed by atoms with van der Waals surface area (Å²) < 4.78 is 25.2. The third kappa shape index (κ3) is 1.74. The topological polar surface area (TPSA) is 40.5 Å². The number of hydrogen-bond acceptors (Lipinski definition) is 2. The highest BCUT2D eigenvalue weighted by molar-refractivity contribution is 6.59. The van der Waals surface area contributed by atoms with Gasteiger partial charge in [-0.25, -0.2) is 8.78 Å². The van der Waals surface area contributed by atoms with Crippen molar-refractivity contribution in [2.45, 2.75) is 0 Å². The molecule has 0 unspecified atom stereocenters. The van der Waals surface area contributed by atoms with Gasteiger partial charge in [0, 0.05) is 10.5 Å². The summed E-state index contributed by atoms with van der Waals surface area (Å²) in [6, 6.07) is 1.70. The Balaban J connectivity index is 3.28. The Kier molecular flexibility index (Phi) is 2.67. The second-order valence-corrected chi connectivity index (χ2v) is 2.60. The fraction of sp³-hybridized carbons (Fsp3) is 0. The molecule has 0 saturated heterocycles. The molecule has 2 N–H and O–H groups in total. The fourth-order valence-corrected chi connectivity index (χ4v) is 0.977. The van der Waals surface area contributed by atoms with Crippen molar-refractivity contribution in [3.63, 3.8) is 0 Å². The van der Waals surface area contributed by atoms with Gasteiger partial charge in [-0.2, -0.15) is 0 Å². The van der Waals surface area contributed by atoms with E-state index in [1.54, 1.807) is 0 Å². The molecule has 12 heavy (non-hydrogen) atoms. The van der Waals surface area contributed by atoms with Gasteiger partial charge < -0.3 is 10.0 Å². The maximum Gasteiger partial charge on any atom is 0.491 e. The van der Waals surface area contributed by atoms with Crippen molar-refractivity contribution in [2.75, 3.05) is 0 Å². The highest BCUT2D eigenvalue weighted by atomic mass is 35.5. The van der Waals surface area contributed by atoms with E-state index in [4.69, 9.17) is 21.6 Å². The second kappa shape index (κ2) is 3.39. The van der Waals surface area contributed by atoms with E-state index < -0.39 is 24.2 Å². The number of rotatable bonds is 1. The maximum absolute atomic E-state index is 12.7. The minimum Gasteiger partial charge on any atom is -0.423 e. The Bertz CT molecular complexity index is 306. The summed E-state index contributed by atoms with van der Waals surface area (Å²) in [7, 11) is -2.06. The SMILES string of the molecule is OB(O)c1cc(Cl)cc(F)c1F. The summed E-state index contributed by atoms with van der Waals surface area (Å²) in [5, 5.41) is 17.0. The summed E-state index contributed by atoms with van der Waals surface area (Å²) in [4.78, 5) is 0. The van der Waals surface area contributed by atoms with Crippen LogP contribution in [-0.2, 0) is 0 Å². The molecule has 1 rings (SSSR count). The van der Waals surface area contributed by atoms with Crippen LogP contribution < -0.4 is 5.46 Å². The van der Waals surface area contributed by atoms with Gasteiger partial charge in [-0.3, -0.25) is 0 Å². The Morgan fingerprint density at radius 2 is 1.83 bits per heavy atom. The molecule has 0 atom stereocenters. The minimum absolute atomic E-state index is 0.0861. The summed E-state index contributed by atoms with van der Waals surface area (Å²) in [6.45, 7) is 0. The van der Waals surface area contributed by atoms with Crippen LogP contribution in [-0.4, -0.2) is 17.2 Å². The quantitative estimate of drug-likeness (QED) is 0.496. The third-order valence-electron chi connectivity index (χ3n) is 1.30. The minimum atomic E-state index is -2.06. The standard InChI is InChI=1S/C6H4BClF2O2/c8-3-1-4(7(11)12)6(10)5(9)2-3/h1-2,11-12H. The molecule has 0 spiro atoms. The molecule has 0 radical (unpaired) electrons. The van der Waals surface area contributed by atoms with Crippen LogP contribution in [0.1, 0.15) is 0 Å². The highest BCUT2D eigenvalue weighted by Gasteiger charge is 2.20. The summed E-state index contributed by atoms with van der Waals surface area (Å²) >= 11 is 5.34. The van der Waals surface area contributed by atoms with Gasteiger partial charge in [0.25, 0.3) is 0 Å². The maximum atomic E-state index is 12.7. The largest absolute Gasteiger partial charge is 0.491 e. The zero-order chi connectivity index (χ0) is 9.30. The molecule has 0 saturated carbocycles. The summed E-state index contributed by atoms with van der Waals surface area (Å²) in [5.41, 5.74) is -0.569. The van der Waals surface area contributed by atoms with Crippen LogP contribution in [0.15, 0.2) is 12.1 Å². The van der Waals surface area contributed by atoms with Crippen LogP contribution in [0, 0.1) is 11.6 Å². The van der Waals surface area contributed by atoms with Gasteiger partial charge in [0.2, 0.25) is 0 Å². The van der Waals surface area contributed by atoms with Gasteiger partial charge in [0.15, 0.2) is 11.6 Å². The molecule has 6 heteroatoms. The normalized spacial score (nSPS) is 10.1. The molecule has 0 heterocycles. The predicted octanol–water partition coefficient (Wildman–Crippen LogP) is 0.298. The van der Waals surface area contributed by atoms with Crippen LogP contribution in [0.2, 0.25) is 5.02 Å². The average Bonchev–Trinajstić information content (AvgIpc) is 1.96. The van der Waals surface area contributed by atoms with E-state index in [-0.39, 0.29) is 5.02 Å². The van der Waals surface area contributed by atoms with Gasteiger partial charge in [0.1, 0.15) is 0 Å². The molecule has 64 valence electrons. The lowest BCUT2D eigenvalue weighted by Crippen LogP contribution is -2.33. The van der Waals surface area contributed by atoms with E-state index in [2.05, 4.69) is 0 Å². The Morgan fingerprint density at radius 3 is 2.33 bits per heavy atom. The van der Waals surface area contributed by atoms with Crippen LogP contribution in [0.25, 0.3) is 0 Å². The van der Waals surface area contributed by atoms with Gasteiger partial charge in [-0.05, 0) is 12.1 Å². The number of benzene rings is 1. The zero-order valence-corrected chi connectivity index (χ0v) is 6.52. The van der Waals surface area contributed by atoms with Crippen molar-refractivity contribution in [1.29, 1.82) is 0 Å². The zero-order valence-electron chi connectivity index (χ0n) is 5.76. The third-order valence-corrected chi connectivity index (χ3v) is 1.52. The van der Waals surface area contributed by atoms with E-state index in [1.807, 2.05) is 0 Å². The van der Waals surface area contributed by atoms with Gasteiger partial charge in [0.05, 0.1) is 0 Å². The van der Waals surface area contributed by atoms with Gasteiger partial charge in [-0.1, -0.05) is 11.6 Å². The number of hydrogen-bond donors (Lipinski definition) is 2. The molecule has 1 aromatic carbocycles. The first-order valence-corrected chi connectivity index (χ1v) is 3.40. The summed E-state index contributed by atoms with van der Waals surface area (Å²) in [6.07, 6.45) is 0. The number of halogens is 3. The van der Waals surface area contributed by atoms with Crippen molar-refractivity contribution in [3.8, 4) is 0 Å². The molecule has 0 aliphatic rings. The molecule has 2 nitrogen and oxygen atoms in total. The van der Waals surface area contributed by atoms with E-state index in [1.165, 1.54) is 0 Å². The molecular weight excluding hydrogens is 188 g/mol. The fourth-order valence-electron chi connectivity index (χ4n) is 0.764. The monoisotopic (exact) mass is 192 g/mol. The van der Waals surface area contributed by atoms with Crippen molar-refractivity contribution in [2.24, 2.45) is 0 Å². The van der Waals surface area contributed by atoms with Crippen LogP contribution in [0.5, 0.6) is 0 Å². The van der Waals surface area contributed by atoms with E-state index >= 15 is 0 Å². The summed E-state index contributed by atoms with van der Waals surface area (Å²) in [5.74, 6) is -2.50. The lowest BCUT2D eigenvalue weighted by atomic mass is 9.80. The van der Waals surface area contributed by atoms with Crippen molar-refractivity contribution in [3.05, 3.63) is 28.8 Å². The second-order valence-electron chi connectivity index (χ2n) is 2.16. The highest BCUT2D eigenvalue weighted by Crippen LogP contribution is 2.11. The molecule has 0 fully saturated rings. The van der Waals surface area contributed by atoms with Crippen molar-refractivity contribution in [1.82, 2.24) is 0 Å². The first kappa shape index (κ1) is 9.44. The first-order valence-electron chi connectivity index (χ1n) is 3.03. The Morgan fingerprint density at radius 1 is 1.25 bits per heavy atom. The smallest absolute Gasteiger partial charge is 0.423 e. The van der Waals surface area contributed by atoms with Crippen LogP contribution >= 0.6 is 11.6 Å². The molecule has 0 aliphatic heterocycles. The Labute approximate surface area is 72.5 Å². The lowest BCUT2D eigenvalue weighted by molar-refractivity contribution is 0.420. The molecule has 0 bridgehead atoms. The van der Waals surface area contributed by atoms with E-state index in [9.17, 15) is 8.78 Å². The molecule has 0 aliphatic carbocycles. The molecule has 1 aromatic rings. The first-order chi connectivity index (χ1) is 5.52. The lowest BCUT2D eigenvalue weighted by Gasteiger charge is -2.02. The van der Waals surface area contributed by atoms with Gasteiger partial charge >= 0.3 is 7.12 Å². The van der Waals surface area contributed by atoms with Crippen molar-refractivity contribution < 1.29 is 18.8 Å². The van der Waals surface area contributed by atoms with Crippen LogP contribution in [0.4, 0.5) is 8.78 Å². The van der Waals surface area contributed by atoms with Crippen LogP contribution in [0.3, 0.4) is 0 Å². The van der Waals surface area contributed by atoms with Gasteiger partial charge in [-0.15, -0.1) is 0 Å². The predicted molar refractivity (Wildman–Crippen MR) is 41.2 cm³/mol.